The van der Waals surface area contributed by atoms with Gasteiger partial charge in [0.25, 0.3) is 0 Å². The summed E-state index contributed by atoms with van der Waals surface area (Å²) in [6.45, 7) is 13.7. The van der Waals surface area contributed by atoms with Crippen molar-refractivity contribution >= 4 is 17.9 Å². The van der Waals surface area contributed by atoms with E-state index in [1.165, 1.54) is 135 Å². The van der Waals surface area contributed by atoms with E-state index in [1.807, 2.05) is 0 Å². The van der Waals surface area contributed by atoms with Gasteiger partial charge in [0, 0.05) is 19.3 Å². The molecule has 0 fully saturated rings. The number of rotatable bonds is 41. The number of ether oxygens (including phenoxy) is 3. The van der Waals surface area contributed by atoms with Gasteiger partial charge in [-0.1, -0.05) is 215 Å². The number of carbonyl (C=O) groups excluding carboxylic acids is 3. The van der Waals surface area contributed by atoms with E-state index in [4.69, 9.17) is 14.2 Å². The van der Waals surface area contributed by atoms with Crippen molar-refractivity contribution in [3.8, 4) is 0 Å². The van der Waals surface area contributed by atoms with Gasteiger partial charge in [0.1, 0.15) is 13.2 Å². The molecule has 0 aromatic heterocycles. The molecule has 1 unspecified atom stereocenters. The molecule has 0 saturated heterocycles. The quantitative estimate of drug-likeness (QED) is 0.0350. The Bertz CT molecular complexity index is 839. The molecule has 0 aliphatic heterocycles. The largest absolute Gasteiger partial charge is 0.462 e. The molecule has 0 amide bonds. The fraction of sp³-hybridized carbons (Fsp3) is 0.938. The standard InChI is InChI=1S/C48H92O6/c1-7-44(6)36-30-24-18-13-15-20-26-32-38-47(50)53-41-45(40-52-46(49)37-31-25-19-14-12-17-23-29-35-43(4)5)54-48(51)39-33-27-21-11-9-8-10-16-22-28-34-42(2)3/h42-45H,7-41H2,1-6H3/t44?,45-/m1/s1. The van der Waals surface area contributed by atoms with Crippen molar-refractivity contribution in [2.24, 2.45) is 17.8 Å². The van der Waals surface area contributed by atoms with Gasteiger partial charge in [-0.25, -0.2) is 0 Å². The van der Waals surface area contributed by atoms with Crippen LogP contribution in [-0.4, -0.2) is 37.2 Å². The lowest BCUT2D eigenvalue weighted by Gasteiger charge is -2.18. The molecule has 0 bridgehead atoms. The van der Waals surface area contributed by atoms with Crippen molar-refractivity contribution in [3.05, 3.63) is 0 Å². The Kier molecular flexibility index (Phi) is 38.5. The van der Waals surface area contributed by atoms with Crippen LogP contribution in [0.3, 0.4) is 0 Å². The normalized spacial score (nSPS) is 12.7. The number of hydrogen-bond donors (Lipinski definition) is 0. The van der Waals surface area contributed by atoms with E-state index in [1.54, 1.807) is 0 Å². The molecule has 0 aliphatic rings. The molecular formula is C48H92O6. The molecule has 0 spiro atoms. The summed E-state index contributed by atoms with van der Waals surface area (Å²) in [5.74, 6) is 1.60. The Balaban J connectivity index is 4.36. The zero-order valence-corrected chi connectivity index (χ0v) is 37.0. The molecule has 0 aliphatic carbocycles. The van der Waals surface area contributed by atoms with Crippen LogP contribution in [0.15, 0.2) is 0 Å². The molecule has 0 N–H and O–H groups in total. The van der Waals surface area contributed by atoms with Crippen molar-refractivity contribution in [2.75, 3.05) is 13.2 Å². The average Bonchev–Trinajstić information content (AvgIpc) is 3.14. The first-order valence-corrected chi connectivity index (χ1v) is 23.6. The van der Waals surface area contributed by atoms with Crippen molar-refractivity contribution in [1.29, 1.82) is 0 Å². The summed E-state index contributed by atoms with van der Waals surface area (Å²) in [7, 11) is 0. The Hall–Kier alpha value is -1.59. The van der Waals surface area contributed by atoms with Crippen molar-refractivity contribution in [1.82, 2.24) is 0 Å². The molecule has 0 saturated carbocycles. The number of hydrogen-bond acceptors (Lipinski definition) is 6. The molecule has 0 aromatic rings. The highest BCUT2D eigenvalue weighted by atomic mass is 16.6. The van der Waals surface area contributed by atoms with Crippen LogP contribution in [0.4, 0.5) is 0 Å². The Morgan fingerprint density at radius 3 is 0.963 bits per heavy atom. The van der Waals surface area contributed by atoms with Crippen LogP contribution in [0, 0.1) is 17.8 Å². The maximum Gasteiger partial charge on any atom is 0.306 e. The highest BCUT2D eigenvalue weighted by Crippen LogP contribution is 2.17. The van der Waals surface area contributed by atoms with Gasteiger partial charge in [-0.05, 0) is 37.0 Å². The topological polar surface area (TPSA) is 78.9 Å². The van der Waals surface area contributed by atoms with Gasteiger partial charge in [0.15, 0.2) is 6.10 Å². The van der Waals surface area contributed by atoms with Gasteiger partial charge in [-0.15, -0.1) is 0 Å². The first kappa shape index (κ1) is 52.4. The average molecular weight is 765 g/mol. The summed E-state index contributed by atoms with van der Waals surface area (Å²) >= 11 is 0. The molecule has 0 rings (SSSR count). The van der Waals surface area contributed by atoms with Crippen LogP contribution < -0.4 is 0 Å². The number of unbranched alkanes of at least 4 members (excludes halogenated alkanes) is 23. The van der Waals surface area contributed by atoms with Gasteiger partial charge in [0.05, 0.1) is 0 Å². The van der Waals surface area contributed by atoms with Crippen LogP contribution in [-0.2, 0) is 28.6 Å². The van der Waals surface area contributed by atoms with E-state index >= 15 is 0 Å². The third-order valence-electron chi connectivity index (χ3n) is 11.0. The Morgan fingerprint density at radius 2 is 0.648 bits per heavy atom. The van der Waals surface area contributed by atoms with Gasteiger partial charge >= 0.3 is 17.9 Å². The molecule has 6 nitrogen and oxygen atoms in total. The predicted molar refractivity (Wildman–Crippen MR) is 229 cm³/mol. The molecule has 320 valence electrons. The highest BCUT2D eigenvalue weighted by molar-refractivity contribution is 5.71. The SMILES string of the molecule is CCC(C)CCCCCCCCCCC(=O)OC[C@@H](COC(=O)CCCCCCCCCCC(C)C)OC(=O)CCCCCCCCCCCCC(C)C. The van der Waals surface area contributed by atoms with E-state index in [-0.39, 0.29) is 31.1 Å². The second-order valence-electron chi connectivity index (χ2n) is 17.6. The Labute approximate surface area is 336 Å². The Morgan fingerprint density at radius 1 is 0.370 bits per heavy atom. The zero-order chi connectivity index (χ0) is 39.9. The lowest BCUT2D eigenvalue weighted by molar-refractivity contribution is -0.167. The van der Waals surface area contributed by atoms with E-state index in [2.05, 4.69) is 41.5 Å². The minimum atomic E-state index is -0.762. The molecule has 6 heteroatoms. The monoisotopic (exact) mass is 765 g/mol. The van der Waals surface area contributed by atoms with Crippen molar-refractivity contribution < 1.29 is 28.6 Å². The third kappa shape index (κ3) is 40.1. The summed E-state index contributed by atoms with van der Waals surface area (Å²) in [6, 6.07) is 0. The van der Waals surface area contributed by atoms with Crippen LogP contribution in [0.2, 0.25) is 0 Å². The van der Waals surface area contributed by atoms with Gasteiger partial charge in [-0.3, -0.25) is 14.4 Å². The molecule has 0 aromatic carbocycles. The predicted octanol–water partition coefficient (Wildman–Crippen LogP) is 14.8. The highest BCUT2D eigenvalue weighted by Gasteiger charge is 2.19. The first-order valence-electron chi connectivity index (χ1n) is 23.6. The minimum absolute atomic E-state index is 0.0663. The van der Waals surface area contributed by atoms with Crippen LogP contribution in [0.25, 0.3) is 0 Å². The smallest absolute Gasteiger partial charge is 0.306 e. The van der Waals surface area contributed by atoms with Crippen molar-refractivity contribution in [3.63, 3.8) is 0 Å². The molecule has 0 heterocycles. The lowest BCUT2D eigenvalue weighted by Crippen LogP contribution is -2.30. The summed E-state index contributed by atoms with van der Waals surface area (Å²) < 4.78 is 16.7. The van der Waals surface area contributed by atoms with Gasteiger partial charge in [0.2, 0.25) is 0 Å². The third-order valence-corrected chi connectivity index (χ3v) is 11.0. The van der Waals surface area contributed by atoms with Crippen molar-refractivity contribution in [2.45, 2.75) is 260 Å². The van der Waals surface area contributed by atoms with Gasteiger partial charge < -0.3 is 14.2 Å². The maximum absolute atomic E-state index is 12.7. The summed E-state index contributed by atoms with van der Waals surface area (Å²) in [5, 5.41) is 0. The van der Waals surface area contributed by atoms with E-state index in [0.29, 0.717) is 19.3 Å². The fourth-order valence-electron chi connectivity index (χ4n) is 7.02. The first-order chi connectivity index (χ1) is 26.1. The number of carbonyl (C=O) groups is 3. The van der Waals surface area contributed by atoms with Gasteiger partial charge in [-0.2, -0.15) is 0 Å². The molecular weight excluding hydrogens is 673 g/mol. The second kappa shape index (κ2) is 39.6. The summed E-state index contributed by atoms with van der Waals surface area (Å²) in [4.78, 5) is 37.8. The molecule has 0 radical (unpaired) electrons. The molecule has 54 heavy (non-hydrogen) atoms. The summed E-state index contributed by atoms with van der Waals surface area (Å²) in [6.07, 6.45) is 36.6. The second-order valence-corrected chi connectivity index (χ2v) is 17.6. The summed E-state index contributed by atoms with van der Waals surface area (Å²) in [5.41, 5.74) is 0. The minimum Gasteiger partial charge on any atom is -0.462 e. The maximum atomic E-state index is 12.7. The van der Waals surface area contributed by atoms with E-state index in [0.717, 1.165) is 75.5 Å². The fourth-order valence-corrected chi connectivity index (χ4v) is 7.02. The van der Waals surface area contributed by atoms with E-state index in [9.17, 15) is 14.4 Å². The zero-order valence-electron chi connectivity index (χ0n) is 37.0. The van der Waals surface area contributed by atoms with Crippen LogP contribution in [0.5, 0.6) is 0 Å². The van der Waals surface area contributed by atoms with Crippen LogP contribution in [0.1, 0.15) is 253 Å². The van der Waals surface area contributed by atoms with Crippen LogP contribution >= 0.6 is 0 Å². The lowest BCUT2D eigenvalue weighted by atomic mass is 9.99. The van der Waals surface area contributed by atoms with E-state index < -0.39 is 6.10 Å². The number of esters is 3. The molecule has 2 atom stereocenters.